The quantitative estimate of drug-likeness (QED) is 0.534. The topological polar surface area (TPSA) is 101 Å². The second kappa shape index (κ2) is 6.82. The molecule has 1 saturated heterocycles. The van der Waals surface area contributed by atoms with Crippen LogP contribution in [0, 0.1) is 0 Å². The molecule has 2 aromatic carbocycles. The van der Waals surface area contributed by atoms with Crippen molar-refractivity contribution in [1.29, 1.82) is 0 Å². The number of nitrogen functional groups attached to an aromatic ring is 1. The first-order valence-corrected chi connectivity index (χ1v) is 9.44. The lowest BCUT2D eigenvalue weighted by Gasteiger charge is -2.37. The number of nitrogens with zero attached hydrogens (tertiary/aromatic N) is 5. The molecule has 1 aliphatic heterocycles. The van der Waals surface area contributed by atoms with Crippen molar-refractivity contribution >= 4 is 40.3 Å². The van der Waals surface area contributed by atoms with Crippen molar-refractivity contribution in [3.63, 3.8) is 0 Å². The molecule has 0 spiro atoms. The van der Waals surface area contributed by atoms with Gasteiger partial charge in [-0.15, -0.1) is 0 Å². The van der Waals surface area contributed by atoms with Gasteiger partial charge in [0.05, 0.1) is 23.3 Å². The van der Waals surface area contributed by atoms with Crippen LogP contribution in [0.5, 0.6) is 0 Å². The van der Waals surface area contributed by atoms with Gasteiger partial charge in [-0.05, 0) is 42.4 Å². The summed E-state index contributed by atoms with van der Waals surface area (Å²) in [5.74, 6) is 0.786. The highest BCUT2D eigenvalue weighted by Crippen LogP contribution is 2.28. The second-order valence-electron chi connectivity index (χ2n) is 7.30. The number of aldehydes is 1. The van der Waals surface area contributed by atoms with Crippen LogP contribution in [0.4, 0.5) is 11.8 Å². The standard InChI is InChI=1S/C21H20N6O2/c1-26-6-7-27(11-15(26)12-28)20-10-23-16-4-2-13(8-17(16)24-20)14-3-5-19-18(9-14)25-21(22)29-19/h2-5,8-10,12,15H,6-7,11H2,1H3,(H2,22,25). The summed E-state index contributed by atoms with van der Waals surface area (Å²) in [5, 5.41) is 0. The van der Waals surface area contributed by atoms with Crippen LogP contribution < -0.4 is 10.6 Å². The molecule has 2 N–H and O–H groups in total. The number of rotatable bonds is 3. The number of carbonyl (C=O) groups is 1. The Labute approximate surface area is 167 Å². The Hall–Kier alpha value is -3.52. The molecule has 0 bridgehead atoms. The van der Waals surface area contributed by atoms with E-state index in [1.54, 1.807) is 6.20 Å². The van der Waals surface area contributed by atoms with E-state index in [1.165, 1.54) is 0 Å². The lowest BCUT2D eigenvalue weighted by Crippen LogP contribution is -2.52. The predicted octanol–water partition coefficient (Wildman–Crippen LogP) is 2.34. The van der Waals surface area contributed by atoms with Crippen LogP contribution in [0.2, 0.25) is 0 Å². The van der Waals surface area contributed by atoms with Crippen molar-refractivity contribution in [3.05, 3.63) is 42.6 Å². The summed E-state index contributed by atoms with van der Waals surface area (Å²) in [7, 11) is 1.97. The van der Waals surface area contributed by atoms with E-state index in [-0.39, 0.29) is 12.1 Å². The van der Waals surface area contributed by atoms with Crippen molar-refractivity contribution in [2.45, 2.75) is 6.04 Å². The van der Waals surface area contributed by atoms with Crippen LogP contribution in [0.3, 0.4) is 0 Å². The Balaban J connectivity index is 1.51. The van der Waals surface area contributed by atoms with Crippen LogP contribution in [0.25, 0.3) is 33.3 Å². The van der Waals surface area contributed by atoms with Crippen molar-refractivity contribution in [3.8, 4) is 11.1 Å². The van der Waals surface area contributed by atoms with E-state index >= 15 is 0 Å². The normalized spacial score (nSPS) is 17.8. The van der Waals surface area contributed by atoms with E-state index in [0.29, 0.717) is 12.1 Å². The minimum atomic E-state index is -0.130. The fourth-order valence-electron chi connectivity index (χ4n) is 3.71. The number of hydrogen-bond acceptors (Lipinski definition) is 8. The first-order chi connectivity index (χ1) is 14.1. The van der Waals surface area contributed by atoms with Crippen LogP contribution in [0.15, 0.2) is 47.0 Å². The highest BCUT2D eigenvalue weighted by atomic mass is 16.4. The average molecular weight is 388 g/mol. The summed E-state index contributed by atoms with van der Waals surface area (Å²) in [5.41, 5.74) is 10.7. The number of oxazole rings is 1. The summed E-state index contributed by atoms with van der Waals surface area (Å²) >= 11 is 0. The molecule has 1 fully saturated rings. The number of hydrogen-bond donors (Lipinski definition) is 1. The zero-order valence-electron chi connectivity index (χ0n) is 15.9. The van der Waals surface area contributed by atoms with Crippen LogP contribution in [-0.4, -0.2) is 58.9 Å². The number of anilines is 2. The Bertz CT molecular complexity index is 1220. The number of nitrogens with two attached hydrogens (primary N) is 1. The lowest BCUT2D eigenvalue weighted by molar-refractivity contribution is -0.112. The van der Waals surface area contributed by atoms with Crippen molar-refractivity contribution < 1.29 is 9.21 Å². The SMILES string of the molecule is CN1CCN(c2cnc3ccc(-c4ccc5oc(N)nc5c4)cc3n2)CC1C=O. The molecule has 4 aromatic rings. The molecule has 2 aromatic heterocycles. The Morgan fingerprint density at radius 2 is 1.86 bits per heavy atom. The Morgan fingerprint density at radius 3 is 2.69 bits per heavy atom. The van der Waals surface area contributed by atoms with E-state index in [9.17, 15) is 4.79 Å². The summed E-state index contributed by atoms with van der Waals surface area (Å²) in [6, 6.07) is 11.8. The van der Waals surface area contributed by atoms with Gasteiger partial charge in [-0.2, -0.15) is 4.98 Å². The molecule has 0 radical (unpaired) electrons. The Morgan fingerprint density at radius 1 is 1.07 bits per heavy atom. The minimum Gasteiger partial charge on any atom is -0.424 e. The third kappa shape index (κ3) is 3.17. The summed E-state index contributed by atoms with van der Waals surface area (Å²) in [4.78, 5) is 29.1. The molecule has 8 heteroatoms. The third-order valence-corrected chi connectivity index (χ3v) is 5.44. The summed E-state index contributed by atoms with van der Waals surface area (Å²) < 4.78 is 5.35. The van der Waals surface area contributed by atoms with Crippen molar-refractivity contribution in [2.75, 3.05) is 37.3 Å². The molecule has 1 unspecified atom stereocenters. The fourth-order valence-corrected chi connectivity index (χ4v) is 3.71. The molecular weight excluding hydrogens is 368 g/mol. The predicted molar refractivity (Wildman–Crippen MR) is 112 cm³/mol. The van der Waals surface area contributed by atoms with Gasteiger partial charge in [0.2, 0.25) is 0 Å². The largest absolute Gasteiger partial charge is 0.424 e. The maximum atomic E-state index is 11.3. The first-order valence-electron chi connectivity index (χ1n) is 9.44. The molecule has 8 nitrogen and oxygen atoms in total. The zero-order chi connectivity index (χ0) is 20.0. The van der Waals surface area contributed by atoms with Gasteiger partial charge < -0.3 is 19.8 Å². The van der Waals surface area contributed by atoms with Crippen LogP contribution in [0.1, 0.15) is 0 Å². The number of carbonyl (C=O) groups excluding carboxylic acids is 1. The van der Waals surface area contributed by atoms with E-state index in [1.807, 2.05) is 43.4 Å². The molecule has 0 aliphatic carbocycles. The van der Waals surface area contributed by atoms with E-state index < -0.39 is 0 Å². The lowest BCUT2D eigenvalue weighted by atomic mass is 10.0. The van der Waals surface area contributed by atoms with Gasteiger partial charge in [-0.25, -0.2) is 4.98 Å². The molecule has 1 atom stereocenters. The monoisotopic (exact) mass is 388 g/mol. The van der Waals surface area contributed by atoms with Gasteiger partial charge in [-0.3, -0.25) is 9.88 Å². The highest BCUT2D eigenvalue weighted by molar-refractivity contribution is 5.86. The molecule has 3 heterocycles. The maximum Gasteiger partial charge on any atom is 0.292 e. The van der Waals surface area contributed by atoms with Crippen molar-refractivity contribution in [1.82, 2.24) is 19.9 Å². The number of aromatic nitrogens is 3. The van der Waals surface area contributed by atoms with Gasteiger partial charge in [-0.1, -0.05) is 12.1 Å². The van der Waals surface area contributed by atoms with Gasteiger partial charge in [0, 0.05) is 19.6 Å². The molecule has 1 aliphatic rings. The number of piperazine rings is 1. The smallest absolute Gasteiger partial charge is 0.292 e. The van der Waals surface area contributed by atoms with E-state index in [0.717, 1.165) is 52.9 Å². The molecular formula is C21H20N6O2. The Kier molecular flexibility index (Phi) is 4.13. The molecule has 146 valence electrons. The number of fused-ring (bicyclic) bond motifs is 2. The third-order valence-electron chi connectivity index (χ3n) is 5.44. The van der Waals surface area contributed by atoms with E-state index in [2.05, 4.69) is 19.8 Å². The van der Waals surface area contributed by atoms with Crippen molar-refractivity contribution in [2.24, 2.45) is 0 Å². The molecule has 0 amide bonds. The fraction of sp³-hybridized carbons (Fsp3) is 0.238. The number of benzene rings is 2. The summed E-state index contributed by atoms with van der Waals surface area (Å²) in [6.07, 6.45) is 2.77. The van der Waals surface area contributed by atoms with Gasteiger partial charge in [0.1, 0.15) is 17.6 Å². The summed E-state index contributed by atoms with van der Waals surface area (Å²) in [6.45, 7) is 2.24. The van der Waals surface area contributed by atoms with Gasteiger partial charge in [0.15, 0.2) is 5.58 Å². The zero-order valence-corrected chi connectivity index (χ0v) is 15.9. The molecule has 5 rings (SSSR count). The molecule has 29 heavy (non-hydrogen) atoms. The van der Waals surface area contributed by atoms with Crippen LogP contribution >= 0.6 is 0 Å². The number of likely N-dealkylation sites (N-methyl/N-ethyl adjacent to an activating group) is 1. The van der Waals surface area contributed by atoms with E-state index in [4.69, 9.17) is 15.1 Å². The van der Waals surface area contributed by atoms with Gasteiger partial charge >= 0.3 is 0 Å². The first kappa shape index (κ1) is 17.6. The van der Waals surface area contributed by atoms with Gasteiger partial charge in [0.25, 0.3) is 6.01 Å². The average Bonchev–Trinajstić information content (AvgIpc) is 3.12. The second-order valence-corrected chi connectivity index (χ2v) is 7.30. The maximum absolute atomic E-state index is 11.3. The molecule has 0 saturated carbocycles. The van der Waals surface area contributed by atoms with Crippen LogP contribution in [-0.2, 0) is 4.79 Å². The highest BCUT2D eigenvalue weighted by Gasteiger charge is 2.24. The minimum absolute atomic E-state index is 0.130.